The van der Waals surface area contributed by atoms with Crippen molar-refractivity contribution in [1.29, 1.82) is 0 Å². The van der Waals surface area contributed by atoms with Gasteiger partial charge in [0.25, 0.3) is 0 Å². The molecule has 2 aliphatic heterocycles. The fraction of sp³-hybridized carbons (Fsp3) is 0.261. The molecule has 3 N–H and O–H groups in total. The quantitative estimate of drug-likeness (QED) is 0.618. The highest BCUT2D eigenvalue weighted by atomic mass is 32.1. The molecule has 0 saturated carbocycles. The van der Waals surface area contributed by atoms with Crippen LogP contribution in [0.2, 0.25) is 0 Å². The van der Waals surface area contributed by atoms with Crippen molar-refractivity contribution >= 4 is 28.6 Å². The highest BCUT2D eigenvalue weighted by Crippen LogP contribution is 2.29. The number of nitrogens with one attached hydrogen (secondary N) is 3. The van der Waals surface area contributed by atoms with E-state index in [2.05, 4.69) is 56.8 Å². The third-order valence-electron chi connectivity index (χ3n) is 5.73. The number of carbonyl (C=O) groups is 1. The largest absolute Gasteiger partial charge is 0.367 e. The normalized spacial score (nSPS) is 21.0. The zero-order chi connectivity index (χ0) is 19.6. The summed E-state index contributed by atoms with van der Waals surface area (Å²) < 4.78 is 0. The Hall–Kier alpha value is -2.67. The second-order valence-electron chi connectivity index (χ2n) is 7.62. The molecule has 5 rings (SSSR count). The minimum atomic E-state index is -0.251. The molecule has 2 aliphatic rings. The SMILES string of the molecule is O=C(Nc1ccc(N2CCc3sccc3C2)cc1)C1CC(c2ccccc2)NN1. The molecule has 148 valence electrons. The van der Waals surface area contributed by atoms with E-state index in [1.165, 1.54) is 21.7 Å². The number of hydrazine groups is 1. The first-order valence-corrected chi connectivity index (χ1v) is 10.9. The topological polar surface area (TPSA) is 56.4 Å². The number of anilines is 2. The maximum absolute atomic E-state index is 12.7. The Morgan fingerprint density at radius 2 is 1.86 bits per heavy atom. The second kappa shape index (κ2) is 7.99. The van der Waals surface area contributed by atoms with Crippen molar-refractivity contribution in [3.8, 4) is 0 Å². The highest BCUT2D eigenvalue weighted by Gasteiger charge is 2.30. The first-order valence-electron chi connectivity index (χ1n) is 10.0. The van der Waals surface area contributed by atoms with Crippen molar-refractivity contribution in [2.45, 2.75) is 31.5 Å². The summed E-state index contributed by atoms with van der Waals surface area (Å²) in [4.78, 5) is 16.6. The molecular formula is C23H24N4OS. The van der Waals surface area contributed by atoms with Gasteiger partial charge in [0.15, 0.2) is 0 Å². The Kier molecular flexibility index (Phi) is 5.06. The standard InChI is InChI=1S/C23H24N4OS/c28-23(21-14-20(25-26-21)16-4-2-1-3-5-16)24-18-6-8-19(9-7-18)27-12-10-22-17(15-27)11-13-29-22/h1-9,11,13,20-21,25-26H,10,12,14-15H2,(H,24,28). The van der Waals surface area contributed by atoms with E-state index in [9.17, 15) is 4.79 Å². The van der Waals surface area contributed by atoms with Gasteiger partial charge in [-0.25, -0.2) is 10.9 Å². The van der Waals surface area contributed by atoms with Gasteiger partial charge >= 0.3 is 0 Å². The average molecular weight is 405 g/mol. The lowest BCUT2D eigenvalue weighted by Crippen LogP contribution is -2.39. The molecule has 0 spiro atoms. The maximum Gasteiger partial charge on any atom is 0.242 e. The van der Waals surface area contributed by atoms with E-state index in [0.29, 0.717) is 0 Å². The van der Waals surface area contributed by atoms with E-state index in [1.807, 2.05) is 41.7 Å². The summed E-state index contributed by atoms with van der Waals surface area (Å²) in [5.74, 6) is -0.00966. The first-order chi connectivity index (χ1) is 14.3. The zero-order valence-corrected chi connectivity index (χ0v) is 16.9. The van der Waals surface area contributed by atoms with E-state index in [4.69, 9.17) is 0 Å². The molecule has 2 aromatic carbocycles. The lowest BCUT2D eigenvalue weighted by Gasteiger charge is -2.29. The predicted octanol–water partition coefficient (Wildman–Crippen LogP) is 3.86. The molecule has 0 aliphatic carbocycles. The van der Waals surface area contributed by atoms with E-state index in [0.717, 1.165) is 31.6 Å². The first kappa shape index (κ1) is 18.4. The summed E-state index contributed by atoms with van der Waals surface area (Å²) in [5.41, 5.74) is 11.0. The van der Waals surface area contributed by atoms with Gasteiger partial charge in [-0.05, 0) is 59.7 Å². The number of benzene rings is 2. The lowest BCUT2D eigenvalue weighted by molar-refractivity contribution is -0.117. The summed E-state index contributed by atoms with van der Waals surface area (Å²) in [6.07, 6.45) is 1.83. The molecule has 1 fully saturated rings. The number of amides is 1. The van der Waals surface area contributed by atoms with Crippen LogP contribution >= 0.6 is 11.3 Å². The summed E-state index contributed by atoms with van der Waals surface area (Å²) >= 11 is 1.86. The van der Waals surface area contributed by atoms with Crippen molar-refractivity contribution in [3.63, 3.8) is 0 Å². The number of thiophene rings is 1. The Labute approximate surface area is 174 Å². The molecule has 1 amide bonds. The summed E-state index contributed by atoms with van der Waals surface area (Å²) in [6, 6.07) is 20.5. The zero-order valence-electron chi connectivity index (χ0n) is 16.1. The van der Waals surface area contributed by atoms with Crippen molar-refractivity contribution in [2.75, 3.05) is 16.8 Å². The fourth-order valence-corrected chi connectivity index (χ4v) is 4.98. The Morgan fingerprint density at radius 3 is 2.69 bits per heavy atom. The van der Waals surface area contributed by atoms with Gasteiger partial charge in [-0.3, -0.25) is 4.79 Å². The molecule has 0 bridgehead atoms. The molecule has 1 aromatic heterocycles. The Morgan fingerprint density at radius 1 is 1.03 bits per heavy atom. The van der Waals surface area contributed by atoms with E-state index in [1.54, 1.807) is 0 Å². The molecular weight excluding hydrogens is 380 g/mol. The van der Waals surface area contributed by atoms with Gasteiger partial charge in [0.1, 0.15) is 6.04 Å². The van der Waals surface area contributed by atoms with Gasteiger partial charge in [-0.2, -0.15) is 0 Å². The van der Waals surface area contributed by atoms with Crippen LogP contribution in [0.15, 0.2) is 66.0 Å². The second-order valence-corrected chi connectivity index (χ2v) is 8.62. The summed E-state index contributed by atoms with van der Waals surface area (Å²) in [5, 5.41) is 5.22. The van der Waals surface area contributed by atoms with Crippen LogP contribution in [-0.4, -0.2) is 18.5 Å². The van der Waals surface area contributed by atoms with Crippen LogP contribution in [0.3, 0.4) is 0 Å². The minimum absolute atomic E-state index is 0.00966. The van der Waals surface area contributed by atoms with Crippen LogP contribution in [0.25, 0.3) is 0 Å². The molecule has 3 aromatic rings. The number of nitrogens with zero attached hydrogens (tertiary/aromatic N) is 1. The molecule has 6 heteroatoms. The maximum atomic E-state index is 12.7. The van der Waals surface area contributed by atoms with Crippen molar-refractivity contribution < 1.29 is 4.79 Å². The van der Waals surface area contributed by atoms with E-state index >= 15 is 0 Å². The van der Waals surface area contributed by atoms with Gasteiger partial charge < -0.3 is 10.2 Å². The van der Waals surface area contributed by atoms with Crippen LogP contribution in [-0.2, 0) is 17.8 Å². The monoisotopic (exact) mass is 404 g/mol. The van der Waals surface area contributed by atoms with Crippen molar-refractivity contribution in [2.24, 2.45) is 0 Å². The molecule has 1 saturated heterocycles. The van der Waals surface area contributed by atoms with E-state index in [-0.39, 0.29) is 18.0 Å². The number of rotatable bonds is 4. The van der Waals surface area contributed by atoms with Crippen LogP contribution in [0.4, 0.5) is 11.4 Å². The van der Waals surface area contributed by atoms with Crippen LogP contribution in [0.1, 0.15) is 28.5 Å². The Bertz CT molecular complexity index is 986. The molecule has 0 radical (unpaired) electrons. The summed E-state index contributed by atoms with van der Waals surface area (Å²) in [7, 11) is 0. The predicted molar refractivity (Wildman–Crippen MR) is 118 cm³/mol. The third kappa shape index (κ3) is 3.92. The number of carbonyl (C=O) groups excluding carboxylic acids is 1. The van der Waals surface area contributed by atoms with Crippen molar-refractivity contribution in [3.05, 3.63) is 82.0 Å². The summed E-state index contributed by atoms with van der Waals surface area (Å²) in [6.45, 7) is 2.00. The van der Waals surface area contributed by atoms with Gasteiger partial charge in [-0.15, -0.1) is 11.3 Å². The van der Waals surface area contributed by atoms with Crippen molar-refractivity contribution in [1.82, 2.24) is 10.9 Å². The average Bonchev–Trinajstić information content (AvgIpc) is 3.44. The third-order valence-corrected chi connectivity index (χ3v) is 6.75. The lowest BCUT2D eigenvalue weighted by atomic mass is 10.0. The fourth-order valence-electron chi connectivity index (χ4n) is 4.09. The molecule has 29 heavy (non-hydrogen) atoms. The molecule has 2 unspecified atom stereocenters. The number of fused-ring (bicyclic) bond motifs is 1. The minimum Gasteiger partial charge on any atom is -0.367 e. The van der Waals surface area contributed by atoms with Gasteiger partial charge in [0.05, 0.1) is 0 Å². The molecule has 5 nitrogen and oxygen atoms in total. The Balaban J connectivity index is 1.19. The van der Waals surface area contributed by atoms with Crippen LogP contribution in [0, 0.1) is 0 Å². The van der Waals surface area contributed by atoms with Gasteiger partial charge in [-0.1, -0.05) is 30.3 Å². The highest BCUT2D eigenvalue weighted by molar-refractivity contribution is 7.10. The smallest absolute Gasteiger partial charge is 0.242 e. The van der Waals surface area contributed by atoms with Gasteiger partial charge in [0, 0.05) is 35.4 Å². The van der Waals surface area contributed by atoms with Crippen LogP contribution in [0.5, 0.6) is 0 Å². The number of hydrogen-bond donors (Lipinski definition) is 3. The van der Waals surface area contributed by atoms with E-state index < -0.39 is 0 Å². The molecule has 2 atom stereocenters. The number of hydrogen-bond acceptors (Lipinski definition) is 5. The molecule has 3 heterocycles. The van der Waals surface area contributed by atoms with Gasteiger partial charge in [0.2, 0.25) is 5.91 Å². The van der Waals surface area contributed by atoms with Crippen LogP contribution < -0.4 is 21.1 Å².